The van der Waals surface area contributed by atoms with Crippen LogP contribution in [0.2, 0.25) is 0 Å². The first-order chi connectivity index (χ1) is 20.6. The van der Waals surface area contributed by atoms with Crippen LogP contribution in [-0.4, -0.2) is 59.5 Å². The van der Waals surface area contributed by atoms with Crippen molar-refractivity contribution < 1.29 is 18.9 Å². The minimum absolute atomic E-state index is 0.524. The van der Waals surface area contributed by atoms with Gasteiger partial charge in [-0.25, -0.2) is 9.97 Å². The predicted molar refractivity (Wildman–Crippen MR) is 160 cm³/mol. The van der Waals surface area contributed by atoms with Crippen LogP contribution in [-0.2, 0) is 26.1 Å². The maximum Gasteiger partial charge on any atom is 0.226 e. The van der Waals surface area contributed by atoms with Crippen LogP contribution < -0.4 is 24.3 Å². The number of rotatable bonds is 10. The Labute approximate surface area is 244 Å². The Balaban J connectivity index is 1.30. The van der Waals surface area contributed by atoms with Crippen molar-refractivity contribution >= 4 is 11.6 Å². The van der Waals surface area contributed by atoms with Gasteiger partial charge in [0.2, 0.25) is 5.95 Å². The predicted octanol–water partition coefficient (Wildman–Crippen LogP) is 5.00. The summed E-state index contributed by atoms with van der Waals surface area (Å²) < 4.78 is 23.7. The molecule has 0 radical (unpaired) electrons. The second-order valence-corrected chi connectivity index (χ2v) is 10.1. The smallest absolute Gasteiger partial charge is 0.226 e. The molecule has 0 amide bonds. The van der Waals surface area contributed by atoms with Gasteiger partial charge in [-0.1, -0.05) is 36.4 Å². The zero-order chi connectivity index (χ0) is 29.1. The molecule has 0 unspecified atom stereocenters. The molecule has 0 saturated carbocycles. The molecule has 10 nitrogen and oxygen atoms in total. The summed E-state index contributed by atoms with van der Waals surface area (Å²) in [7, 11) is 6.60. The number of aromatic nitrogens is 4. The van der Waals surface area contributed by atoms with E-state index in [1.165, 1.54) is 11.1 Å². The van der Waals surface area contributed by atoms with Crippen LogP contribution in [0.4, 0.5) is 5.95 Å². The van der Waals surface area contributed by atoms with Gasteiger partial charge in [0.1, 0.15) is 0 Å². The lowest BCUT2D eigenvalue weighted by Gasteiger charge is -2.29. The normalized spacial score (nSPS) is 13.0. The average molecular weight is 567 g/mol. The minimum Gasteiger partial charge on any atom is -0.493 e. The summed E-state index contributed by atoms with van der Waals surface area (Å²) in [5.74, 6) is 4.14. The first kappa shape index (κ1) is 27.3. The van der Waals surface area contributed by atoms with E-state index in [0.717, 1.165) is 53.3 Å². The molecule has 5 aromatic rings. The highest BCUT2D eigenvalue weighted by Gasteiger charge is 2.22. The third kappa shape index (κ3) is 5.40. The molecule has 3 aromatic carbocycles. The molecule has 1 aliphatic rings. The Morgan fingerprint density at radius 3 is 2.26 bits per heavy atom. The van der Waals surface area contributed by atoms with Crippen LogP contribution in [0.5, 0.6) is 23.0 Å². The lowest BCUT2D eigenvalue weighted by Crippen LogP contribution is -2.30. The lowest BCUT2D eigenvalue weighted by atomic mass is 9.98. The Morgan fingerprint density at radius 1 is 0.810 bits per heavy atom. The number of nitrogens with one attached hydrogen (secondary N) is 1. The molecular weight excluding hydrogens is 532 g/mol. The van der Waals surface area contributed by atoms with Crippen molar-refractivity contribution in [3.05, 3.63) is 89.1 Å². The molecule has 0 aliphatic carbocycles. The van der Waals surface area contributed by atoms with Crippen LogP contribution >= 0.6 is 0 Å². The SMILES string of the molecule is COc1ccc(CNc2ncc(CN3CCc4cc(OC)c(OC)cc4C3)c3nc(-c4ccccc4)nn23)cc1OC. The van der Waals surface area contributed by atoms with Gasteiger partial charge >= 0.3 is 0 Å². The van der Waals surface area contributed by atoms with Gasteiger partial charge in [-0.05, 0) is 47.4 Å². The highest BCUT2D eigenvalue weighted by Crippen LogP contribution is 2.34. The first-order valence-electron chi connectivity index (χ1n) is 13.8. The molecule has 42 heavy (non-hydrogen) atoms. The molecule has 0 fully saturated rings. The van der Waals surface area contributed by atoms with Crippen molar-refractivity contribution in [2.45, 2.75) is 26.1 Å². The number of benzene rings is 3. The topological polar surface area (TPSA) is 95.3 Å². The van der Waals surface area contributed by atoms with Crippen LogP contribution in [0.1, 0.15) is 22.3 Å². The highest BCUT2D eigenvalue weighted by atomic mass is 16.5. The number of methoxy groups -OCH3 is 4. The van der Waals surface area contributed by atoms with Crippen molar-refractivity contribution in [1.82, 2.24) is 24.5 Å². The summed E-state index contributed by atoms with van der Waals surface area (Å²) in [6.07, 6.45) is 2.83. The van der Waals surface area contributed by atoms with Crippen molar-refractivity contribution in [3.8, 4) is 34.4 Å². The summed E-state index contributed by atoms with van der Waals surface area (Å²) in [6.45, 7) is 2.91. The Bertz CT molecular complexity index is 1710. The number of anilines is 1. The molecule has 10 heteroatoms. The molecule has 0 atom stereocenters. The van der Waals surface area contributed by atoms with E-state index >= 15 is 0 Å². The minimum atomic E-state index is 0.524. The van der Waals surface area contributed by atoms with Crippen molar-refractivity contribution in [2.75, 3.05) is 40.3 Å². The van der Waals surface area contributed by atoms with E-state index in [2.05, 4.69) is 22.3 Å². The molecule has 1 aliphatic heterocycles. The molecule has 3 heterocycles. The molecule has 216 valence electrons. The van der Waals surface area contributed by atoms with Gasteiger partial charge in [0.05, 0.1) is 28.4 Å². The summed E-state index contributed by atoms with van der Waals surface area (Å²) in [4.78, 5) is 12.2. The molecule has 6 rings (SSSR count). The fourth-order valence-electron chi connectivity index (χ4n) is 5.35. The van der Waals surface area contributed by atoms with Crippen molar-refractivity contribution in [2.24, 2.45) is 0 Å². The van der Waals surface area contributed by atoms with Crippen molar-refractivity contribution in [3.63, 3.8) is 0 Å². The molecule has 0 spiro atoms. The van der Waals surface area contributed by atoms with Crippen molar-refractivity contribution in [1.29, 1.82) is 0 Å². The van der Waals surface area contributed by atoms with E-state index in [4.69, 9.17) is 34.0 Å². The first-order valence-corrected chi connectivity index (χ1v) is 13.8. The van der Waals surface area contributed by atoms with E-state index in [0.29, 0.717) is 36.4 Å². The van der Waals surface area contributed by atoms with Gasteiger partial charge < -0.3 is 24.3 Å². The number of hydrogen-bond acceptors (Lipinski definition) is 9. The Hall–Kier alpha value is -4.83. The zero-order valence-corrected chi connectivity index (χ0v) is 24.3. The van der Waals surface area contributed by atoms with Gasteiger partial charge in [0.15, 0.2) is 34.5 Å². The quantitative estimate of drug-likeness (QED) is 0.251. The maximum atomic E-state index is 5.56. The molecule has 2 aromatic heterocycles. The summed E-state index contributed by atoms with van der Waals surface area (Å²) in [5.41, 5.74) is 6.28. The Kier molecular flexibility index (Phi) is 7.78. The van der Waals surface area contributed by atoms with E-state index in [1.807, 2.05) is 59.2 Å². The second-order valence-electron chi connectivity index (χ2n) is 10.1. The van der Waals surface area contributed by atoms with Crippen LogP contribution in [0.15, 0.2) is 66.9 Å². The van der Waals surface area contributed by atoms with Crippen LogP contribution in [0.3, 0.4) is 0 Å². The van der Waals surface area contributed by atoms with Gasteiger partial charge in [0.25, 0.3) is 0 Å². The zero-order valence-electron chi connectivity index (χ0n) is 24.3. The van der Waals surface area contributed by atoms with E-state index < -0.39 is 0 Å². The Morgan fingerprint density at radius 2 is 1.52 bits per heavy atom. The van der Waals surface area contributed by atoms with Gasteiger partial charge in [0, 0.05) is 43.5 Å². The molecule has 0 bridgehead atoms. The third-order valence-electron chi connectivity index (χ3n) is 7.56. The van der Waals surface area contributed by atoms with Gasteiger partial charge in [-0.2, -0.15) is 4.52 Å². The van der Waals surface area contributed by atoms with E-state index in [9.17, 15) is 0 Å². The second kappa shape index (κ2) is 12.0. The number of nitrogens with zero attached hydrogens (tertiary/aromatic N) is 5. The third-order valence-corrected chi connectivity index (χ3v) is 7.56. The highest BCUT2D eigenvalue weighted by molar-refractivity contribution is 5.61. The van der Waals surface area contributed by atoms with Gasteiger partial charge in [-0.3, -0.25) is 4.90 Å². The number of fused-ring (bicyclic) bond motifs is 2. The van der Waals surface area contributed by atoms with E-state index in [1.54, 1.807) is 28.4 Å². The number of hydrogen-bond donors (Lipinski definition) is 1. The standard InChI is InChI=1S/C32H34N6O4/c1-39-26-11-10-21(14-27(26)40-2)17-33-32-34-18-25(31-35-30(36-38(31)32)22-8-6-5-7-9-22)20-37-13-12-23-15-28(41-3)29(42-4)16-24(23)19-37/h5-11,14-16,18H,12-13,17,19-20H2,1-4H3,(H,33,34). The van der Waals surface area contributed by atoms with Crippen LogP contribution in [0.25, 0.3) is 17.0 Å². The molecule has 1 N–H and O–H groups in total. The largest absolute Gasteiger partial charge is 0.493 e. The van der Waals surface area contributed by atoms with Gasteiger partial charge in [-0.15, -0.1) is 5.10 Å². The monoisotopic (exact) mass is 566 g/mol. The molecule has 0 saturated heterocycles. The number of ether oxygens (including phenoxy) is 4. The summed E-state index contributed by atoms with van der Waals surface area (Å²) >= 11 is 0. The fourth-order valence-corrected chi connectivity index (χ4v) is 5.35. The maximum absolute atomic E-state index is 5.56. The summed E-state index contributed by atoms with van der Waals surface area (Å²) in [5, 5.41) is 8.31. The fraction of sp³-hybridized carbons (Fsp3) is 0.281. The average Bonchev–Trinajstić information content (AvgIpc) is 3.50. The van der Waals surface area contributed by atoms with Crippen LogP contribution in [0, 0.1) is 0 Å². The molecular formula is C32H34N6O4. The lowest BCUT2D eigenvalue weighted by molar-refractivity contribution is 0.244. The van der Waals surface area contributed by atoms with E-state index in [-0.39, 0.29) is 0 Å². The summed E-state index contributed by atoms with van der Waals surface area (Å²) in [6, 6.07) is 20.0.